The van der Waals surface area contributed by atoms with Gasteiger partial charge in [0.1, 0.15) is 11.4 Å². The van der Waals surface area contributed by atoms with Crippen molar-refractivity contribution in [2.45, 2.75) is 30.8 Å². The minimum absolute atomic E-state index is 0.0118. The van der Waals surface area contributed by atoms with Crippen LogP contribution < -0.4 is 9.04 Å². The molecule has 0 spiro atoms. The molecular weight excluding hydrogens is 422 g/mol. The summed E-state index contributed by atoms with van der Waals surface area (Å²) in [7, 11) is -2.76. The normalized spacial score (nSPS) is 15.6. The molecule has 31 heavy (non-hydrogen) atoms. The van der Waals surface area contributed by atoms with Crippen molar-refractivity contribution >= 4 is 21.4 Å². The van der Waals surface area contributed by atoms with Gasteiger partial charge in [0.05, 0.1) is 29.6 Å². The highest BCUT2D eigenvalue weighted by Gasteiger charge is 2.31. The molecule has 1 fully saturated rings. The van der Waals surface area contributed by atoms with Crippen molar-refractivity contribution in [3.8, 4) is 5.75 Å². The number of non-ortho nitro benzene ring substituents is 1. The predicted octanol–water partition coefficient (Wildman–Crippen LogP) is 2.56. The van der Waals surface area contributed by atoms with Gasteiger partial charge in [-0.15, -0.1) is 0 Å². The van der Waals surface area contributed by atoms with Crippen LogP contribution in [0.25, 0.3) is 0 Å². The highest BCUT2D eigenvalue weighted by atomic mass is 32.2. The number of hydrogen-bond acceptors (Lipinski definition) is 7. The molecule has 0 unspecified atom stereocenters. The summed E-state index contributed by atoms with van der Waals surface area (Å²) in [6, 6.07) is 10.1. The zero-order chi connectivity index (χ0) is 22.6. The Morgan fingerprint density at radius 3 is 2.42 bits per heavy atom. The molecule has 1 aliphatic rings. The smallest absolute Gasteiger partial charge is 0.271 e. The number of aryl methyl sites for hydroxylation is 1. The van der Waals surface area contributed by atoms with Crippen LogP contribution in [-0.2, 0) is 10.0 Å². The van der Waals surface area contributed by atoms with E-state index in [1.807, 2.05) is 6.92 Å². The molecule has 168 valence electrons. The van der Waals surface area contributed by atoms with E-state index in [2.05, 4.69) is 4.90 Å². The number of nitrogens with zero attached hydrogens (tertiary/aromatic N) is 3. The molecule has 1 atom stereocenters. The lowest BCUT2D eigenvalue weighted by atomic mass is 10.2. The van der Waals surface area contributed by atoms with Gasteiger partial charge in [0.2, 0.25) is 0 Å². The quantitative estimate of drug-likeness (QED) is 0.462. The maximum atomic E-state index is 13.5. The summed E-state index contributed by atoms with van der Waals surface area (Å²) < 4.78 is 33.4. The maximum absolute atomic E-state index is 13.5. The van der Waals surface area contributed by atoms with E-state index in [1.165, 1.54) is 31.4 Å². The molecule has 10 heteroatoms. The van der Waals surface area contributed by atoms with Gasteiger partial charge in [-0.1, -0.05) is 17.7 Å². The standard InChI is InChI=1S/C21H27N3O6S/c1-16-5-8-19(9-6-16)31(28,29)23(15-18(25)14-22-11-3-4-12-22)20-13-17(24(26)27)7-10-21(20)30-2/h5-10,13,18,25H,3-4,11-12,14-15H2,1-2H3/t18-/m1/s1. The van der Waals surface area contributed by atoms with Crippen molar-refractivity contribution < 1.29 is 23.2 Å². The van der Waals surface area contributed by atoms with E-state index < -0.39 is 21.1 Å². The third-order valence-corrected chi connectivity index (χ3v) is 7.09. The van der Waals surface area contributed by atoms with Crippen molar-refractivity contribution in [3.05, 3.63) is 58.1 Å². The number of β-amino-alcohol motifs (C(OH)–C–C–N with tert-alkyl or cyclic N) is 1. The minimum Gasteiger partial charge on any atom is -0.495 e. The number of nitro groups is 1. The predicted molar refractivity (Wildman–Crippen MR) is 117 cm³/mol. The number of benzene rings is 2. The van der Waals surface area contributed by atoms with E-state index in [-0.39, 0.29) is 28.6 Å². The molecule has 9 nitrogen and oxygen atoms in total. The topological polar surface area (TPSA) is 113 Å². The van der Waals surface area contributed by atoms with Crippen LogP contribution in [0.4, 0.5) is 11.4 Å². The fraction of sp³-hybridized carbons (Fsp3) is 0.429. The minimum atomic E-state index is -4.12. The summed E-state index contributed by atoms with van der Waals surface area (Å²) in [5.74, 6) is 0.162. The Bertz CT molecular complexity index is 1020. The number of anilines is 1. The van der Waals surface area contributed by atoms with Gasteiger partial charge in [0, 0.05) is 18.7 Å². The molecule has 1 N–H and O–H groups in total. The van der Waals surface area contributed by atoms with Gasteiger partial charge in [-0.25, -0.2) is 8.42 Å². The molecule has 0 amide bonds. The number of methoxy groups -OCH3 is 1. The largest absolute Gasteiger partial charge is 0.495 e. The summed E-state index contributed by atoms with van der Waals surface area (Å²) in [6.45, 7) is 3.60. The molecule has 2 aromatic carbocycles. The number of likely N-dealkylation sites (tertiary alicyclic amines) is 1. The second-order valence-electron chi connectivity index (χ2n) is 7.62. The molecule has 0 aromatic heterocycles. The van der Waals surface area contributed by atoms with Crippen molar-refractivity contribution in [3.63, 3.8) is 0 Å². The van der Waals surface area contributed by atoms with Crippen molar-refractivity contribution in [1.82, 2.24) is 4.90 Å². The molecule has 0 radical (unpaired) electrons. The van der Waals surface area contributed by atoms with Crippen LogP contribution in [0.3, 0.4) is 0 Å². The number of nitro benzene ring substituents is 1. The first kappa shape index (κ1) is 23.0. The first-order valence-electron chi connectivity index (χ1n) is 10.0. The molecule has 0 bridgehead atoms. The number of rotatable bonds is 9. The summed E-state index contributed by atoms with van der Waals surface area (Å²) in [5, 5.41) is 22.0. The van der Waals surface area contributed by atoms with E-state index in [0.29, 0.717) is 6.54 Å². The monoisotopic (exact) mass is 449 g/mol. The average Bonchev–Trinajstić information content (AvgIpc) is 3.24. The van der Waals surface area contributed by atoms with Gasteiger partial charge in [-0.2, -0.15) is 0 Å². The lowest BCUT2D eigenvalue weighted by molar-refractivity contribution is -0.384. The molecule has 1 heterocycles. The van der Waals surface area contributed by atoms with E-state index in [1.54, 1.807) is 12.1 Å². The zero-order valence-electron chi connectivity index (χ0n) is 17.6. The Labute approximate surface area is 182 Å². The summed E-state index contributed by atoms with van der Waals surface area (Å²) in [4.78, 5) is 12.8. The third-order valence-electron chi connectivity index (χ3n) is 5.30. The Balaban J connectivity index is 2.04. The molecule has 0 aliphatic carbocycles. The van der Waals surface area contributed by atoms with Crippen LogP contribution in [0.1, 0.15) is 18.4 Å². The summed E-state index contributed by atoms with van der Waals surface area (Å²) >= 11 is 0. The highest BCUT2D eigenvalue weighted by molar-refractivity contribution is 7.92. The van der Waals surface area contributed by atoms with Gasteiger partial charge >= 0.3 is 0 Å². The first-order valence-corrected chi connectivity index (χ1v) is 11.5. The van der Waals surface area contributed by atoms with Crippen molar-refractivity contribution in [1.29, 1.82) is 0 Å². The van der Waals surface area contributed by atoms with Crippen LogP contribution in [0.2, 0.25) is 0 Å². The van der Waals surface area contributed by atoms with Crippen LogP contribution in [0.15, 0.2) is 47.4 Å². The Morgan fingerprint density at radius 2 is 1.84 bits per heavy atom. The van der Waals surface area contributed by atoms with E-state index >= 15 is 0 Å². The Morgan fingerprint density at radius 1 is 1.19 bits per heavy atom. The molecule has 1 aliphatic heterocycles. The van der Waals surface area contributed by atoms with Crippen LogP contribution in [0.5, 0.6) is 5.75 Å². The van der Waals surface area contributed by atoms with Crippen molar-refractivity contribution in [2.24, 2.45) is 0 Å². The number of ether oxygens (including phenoxy) is 1. The zero-order valence-corrected chi connectivity index (χ0v) is 18.4. The number of hydrogen-bond donors (Lipinski definition) is 1. The molecule has 1 saturated heterocycles. The number of aliphatic hydroxyl groups excluding tert-OH is 1. The SMILES string of the molecule is COc1ccc([N+](=O)[O-])cc1N(C[C@H](O)CN1CCCC1)S(=O)(=O)c1ccc(C)cc1. The second kappa shape index (κ2) is 9.63. The van der Waals surface area contributed by atoms with E-state index in [9.17, 15) is 23.6 Å². The lowest BCUT2D eigenvalue weighted by Gasteiger charge is -2.29. The fourth-order valence-electron chi connectivity index (χ4n) is 3.66. The Hall–Kier alpha value is -2.69. The number of sulfonamides is 1. The van der Waals surface area contributed by atoms with Crippen LogP contribution >= 0.6 is 0 Å². The second-order valence-corrected chi connectivity index (χ2v) is 9.49. The molecule has 0 saturated carbocycles. The Kier molecular flexibility index (Phi) is 7.14. The molecular formula is C21H27N3O6S. The average molecular weight is 450 g/mol. The van der Waals surface area contributed by atoms with Gasteiger partial charge < -0.3 is 14.7 Å². The molecule has 2 aromatic rings. The summed E-state index contributed by atoms with van der Waals surface area (Å²) in [5.41, 5.74) is 0.638. The van der Waals surface area contributed by atoms with Gasteiger partial charge in [0.25, 0.3) is 15.7 Å². The van der Waals surface area contributed by atoms with Crippen LogP contribution in [0, 0.1) is 17.0 Å². The van der Waals surface area contributed by atoms with E-state index in [4.69, 9.17) is 4.74 Å². The van der Waals surface area contributed by atoms with E-state index in [0.717, 1.165) is 41.9 Å². The maximum Gasteiger partial charge on any atom is 0.271 e. The summed E-state index contributed by atoms with van der Waals surface area (Å²) in [6.07, 6.45) is 1.09. The number of aliphatic hydroxyl groups is 1. The first-order chi connectivity index (χ1) is 14.7. The van der Waals surface area contributed by atoms with Gasteiger partial charge in [0.15, 0.2) is 0 Å². The highest BCUT2D eigenvalue weighted by Crippen LogP contribution is 2.36. The molecule has 3 rings (SSSR count). The van der Waals surface area contributed by atoms with Gasteiger partial charge in [-0.3, -0.25) is 14.4 Å². The lowest BCUT2D eigenvalue weighted by Crippen LogP contribution is -2.42. The van der Waals surface area contributed by atoms with Gasteiger partial charge in [-0.05, 0) is 51.1 Å². The fourth-order valence-corrected chi connectivity index (χ4v) is 5.17. The van der Waals surface area contributed by atoms with Crippen LogP contribution in [-0.4, -0.2) is 62.7 Å². The third kappa shape index (κ3) is 5.33. The van der Waals surface area contributed by atoms with Crippen molar-refractivity contribution in [2.75, 3.05) is 37.6 Å².